The Morgan fingerprint density at radius 3 is 0.806 bits per heavy atom. The molecule has 0 fully saturated rings. The summed E-state index contributed by atoms with van der Waals surface area (Å²) >= 11 is -0.547. The van der Waals surface area contributed by atoms with Crippen LogP contribution in [0.15, 0.2) is 121 Å². The van der Waals surface area contributed by atoms with Crippen LogP contribution < -0.4 is 0 Å². The zero-order valence-electron chi connectivity index (χ0n) is 20.0. The van der Waals surface area contributed by atoms with E-state index in [2.05, 4.69) is 121 Å². The van der Waals surface area contributed by atoms with E-state index >= 15 is 0 Å². The van der Waals surface area contributed by atoms with Crippen LogP contribution >= 0.6 is 27.8 Å². The van der Waals surface area contributed by atoms with Gasteiger partial charge in [0.2, 0.25) is 0 Å². The van der Waals surface area contributed by atoms with Crippen molar-refractivity contribution in [1.29, 1.82) is 0 Å². The van der Waals surface area contributed by atoms with Crippen LogP contribution in [0.1, 0.15) is 22.3 Å². The summed E-state index contributed by atoms with van der Waals surface area (Å²) in [4.78, 5) is 0. The van der Waals surface area contributed by atoms with E-state index in [1.54, 1.807) is 0 Å². The maximum absolute atomic E-state index is 7.05. The van der Waals surface area contributed by atoms with Gasteiger partial charge in [-0.1, -0.05) is 0 Å². The van der Waals surface area contributed by atoms with E-state index in [4.69, 9.17) is 18.4 Å². The van der Waals surface area contributed by atoms with Crippen LogP contribution in [0, 0.1) is 0 Å². The van der Waals surface area contributed by atoms with Crippen molar-refractivity contribution in [3.8, 4) is 0 Å². The Labute approximate surface area is 241 Å². The zero-order chi connectivity index (χ0) is 25.1. The first-order valence-corrected chi connectivity index (χ1v) is 27.5. The molecule has 0 saturated heterocycles. The van der Waals surface area contributed by atoms with Gasteiger partial charge in [0.05, 0.1) is 0 Å². The van der Waals surface area contributed by atoms with Crippen molar-refractivity contribution in [1.82, 2.24) is 0 Å². The molecule has 4 rings (SSSR count). The van der Waals surface area contributed by atoms with Gasteiger partial charge in [-0.2, -0.15) is 0 Å². The van der Waals surface area contributed by atoms with E-state index in [0.29, 0.717) is 0 Å². The molecule has 6 heteroatoms. The van der Waals surface area contributed by atoms with Crippen LogP contribution in [0.25, 0.3) is 0 Å². The van der Waals surface area contributed by atoms with E-state index < -0.39 is 9.38 Å². The summed E-state index contributed by atoms with van der Waals surface area (Å²) in [6.07, 6.45) is 7.07. The molecule has 0 aromatic heterocycles. The van der Waals surface area contributed by atoms with Crippen LogP contribution in [0.5, 0.6) is 0 Å². The molecule has 0 aliphatic rings. The number of benzene rings is 4. The summed E-state index contributed by atoms with van der Waals surface area (Å²) in [6.45, 7) is 0. The topological polar surface area (TPSA) is 0 Å². The minimum atomic E-state index is -1.39. The van der Waals surface area contributed by atoms with Gasteiger partial charge in [-0.15, -0.1) is 0 Å². The fourth-order valence-electron chi connectivity index (χ4n) is 4.48. The molecule has 0 atom stereocenters. The molecule has 0 bridgehead atoms. The van der Waals surface area contributed by atoms with Gasteiger partial charge in [0.25, 0.3) is 0 Å². The summed E-state index contributed by atoms with van der Waals surface area (Å²) in [5.74, 6) is 0. The van der Waals surface area contributed by atoms with Crippen LogP contribution in [0.3, 0.4) is 0 Å². The Morgan fingerprint density at radius 1 is 0.389 bits per heavy atom. The normalized spacial score (nSPS) is 12.2. The molecule has 36 heavy (non-hydrogen) atoms. The summed E-state index contributed by atoms with van der Waals surface area (Å²) in [7, 11) is 14.1. The first kappa shape index (κ1) is 28.8. The molecule has 198 valence electrons. The standard InChI is InChI=1S/C30H32P2.2Au.2ClH/c1-5-13-27(14-6-1)23-31(24-28-15-7-2-8-16-28)21-22-32(25-29-17-9-3-10-18-29)26-30-19-11-4-12-20-30;;;;/h1-20H,21-26H2;;;2*1H/q;2*+1;;/p-2. The van der Waals surface area contributed by atoms with Gasteiger partial charge >= 0.3 is 244 Å². The van der Waals surface area contributed by atoms with Gasteiger partial charge in [-0.05, 0) is 0 Å². The quantitative estimate of drug-likeness (QED) is 0.104. The summed E-state index contributed by atoms with van der Waals surface area (Å²) < 4.78 is -2.79. The molecule has 0 heterocycles. The molecule has 4 aromatic rings. The van der Waals surface area contributed by atoms with Crippen molar-refractivity contribution in [2.45, 2.75) is 24.6 Å². The zero-order valence-corrected chi connectivity index (χ0v) is 27.7. The molecule has 0 N–H and O–H groups in total. The second-order valence-electron chi connectivity index (χ2n) is 9.04. The van der Waals surface area contributed by atoms with E-state index in [0.717, 1.165) is 24.6 Å². The first-order valence-electron chi connectivity index (χ1n) is 12.0. The summed E-state index contributed by atoms with van der Waals surface area (Å²) in [6, 6.07) is 44.1. The molecule has 0 saturated carbocycles. The predicted octanol–water partition coefficient (Wildman–Crippen LogP) is 10.1. The average Bonchev–Trinajstić information content (AvgIpc) is 2.94. The SMILES string of the molecule is [Cl][Au]=[P](CC[P](Cc1ccccc1)(Cc1ccccc1)=[Au][Cl])(Cc1ccccc1)Cc1ccccc1. The third kappa shape index (κ3) is 8.66. The molecule has 0 amide bonds. The molecule has 0 aliphatic carbocycles. The number of hydrogen-bond acceptors (Lipinski definition) is 0. The van der Waals surface area contributed by atoms with Crippen LogP contribution in [-0.4, -0.2) is 12.3 Å². The van der Waals surface area contributed by atoms with Gasteiger partial charge in [-0.25, -0.2) is 0 Å². The second-order valence-corrected chi connectivity index (χ2v) is 34.8. The molecular formula is C30H32Au2Cl2P2. The minimum absolute atomic E-state index is 0.274. The third-order valence-electron chi connectivity index (χ3n) is 6.27. The Bertz CT molecular complexity index is 1120. The molecule has 0 unspecified atom stereocenters. The molecule has 4 aromatic carbocycles. The Kier molecular flexibility index (Phi) is 11.9. The third-order valence-corrected chi connectivity index (χ3v) is 35.0. The summed E-state index contributed by atoms with van der Waals surface area (Å²) in [5.41, 5.74) is 5.75. The van der Waals surface area contributed by atoms with Crippen molar-refractivity contribution in [2.24, 2.45) is 0 Å². The number of halogens is 2. The number of hydrogen-bond donors (Lipinski definition) is 0. The van der Waals surface area contributed by atoms with E-state index in [9.17, 15) is 0 Å². The van der Waals surface area contributed by atoms with Gasteiger partial charge in [0.15, 0.2) is 0 Å². The van der Waals surface area contributed by atoms with E-state index in [1.807, 2.05) is 0 Å². The van der Waals surface area contributed by atoms with Crippen LogP contribution in [-0.2, 0) is 59.9 Å². The Balaban J connectivity index is 1.68. The molecular weight excluding hydrogens is 887 g/mol. The van der Waals surface area contributed by atoms with Gasteiger partial charge in [0, 0.05) is 0 Å². The van der Waals surface area contributed by atoms with Crippen LogP contribution in [0.2, 0.25) is 0 Å². The average molecular weight is 919 g/mol. The van der Waals surface area contributed by atoms with Gasteiger partial charge in [-0.3, -0.25) is 0 Å². The van der Waals surface area contributed by atoms with Crippen molar-refractivity contribution in [3.63, 3.8) is 0 Å². The maximum atomic E-state index is 7.05. The van der Waals surface area contributed by atoms with Gasteiger partial charge < -0.3 is 0 Å². The Hall–Kier alpha value is -0.199. The second kappa shape index (κ2) is 14.8. The molecule has 0 spiro atoms. The van der Waals surface area contributed by atoms with Crippen molar-refractivity contribution >= 4 is 27.8 Å². The monoisotopic (exact) mass is 918 g/mol. The fourth-order valence-corrected chi connectivity index (χ4v) is 29.0. The van der Waals surface area contributed by atoms with Crippen LogP contribution in [0.4, 0.5) is 0 Å². The van der Waals surface area contributed by atoms with E-state index in [1.165, 1.54) is 34.6 Å². The van der Waals surface area contributed by atoms with E-state index in [-0.39, 0.29) is 35.3 Å². The number of rotatable bonds is 11. The molecule has 0 aliphatic heterocycles. The first-order chi connectivity index (χ1) is 17.6. The van der Waals surface area contributed by atoms with Crippen molar-refractivity contribution in [3.05, 3.63) is 144 Å². The fraction of sp³-hybridized carbons (Fsp3) is 0.200. The summed E-state index contributed by atoms with van der Waals surface area (Å²) in [5, 5.41) is 0. The van der Waals surface area contributed by atoms with Gasteiger partial charge in [0.1, 0.15) is 0 Å². The van der Waals surface area contributed by atoms with Crippen molar-refractivity contribution < 1.29 is 35.3 Å². The molecule has 0 radical (unpaired) electrons. The molecule has 0 nitrogen and oxygen atoms in total. The predicted molar refractivity (Wildman–Crippen MR) is 156 cm³/mol. The van der Waals surface area contributed by atoms with Crippen molar-refractivity contribution in [2.75, 3.05) is 12.3 Å². The Morgan fingerprint density at radius 2 is 0.611 bits per heavy atom.